The van der Waals surface area contributed by atoms with Crippen LogP contribution in [0.3, 0.4) is 0 Å². The zero-order chi connectivity index (χ0) is 16.5. The van der Waals surface area contributed by atoms with Crippen molar-refractivity contribution in [1.82, 2.24) is 4.90 Å². The van der Waals surface area contributed by atoms with Crippen molar-refractivity contribution in [2.45, 2.75) is 26.8 Å². The van der Waals surface area contributed by atoms with Crippen molar-refractivity contribution in [1.29, 1.82) is 0 Å². The van der Waals surface area contributed by atoms with Gasteiger partial charge in [0.05, 0.1) is 13.7 Å². The van der Waals surface area contributed by atoms with E-state index in [4.69, 9.17) is 4.74 Å². The quantitative estimate of drug-likeness (QED) is 0.574. The van der Waals surface area contributed by atoms with Crippen molar-refractivity contribution < 1.29 is 19.1 Å². The largest absolute Gasteiger partial charge is 0.493 e. The first kappa shape index (κ1) is 17.8. The van der Waals surface area contributed by atoms with E-state index in [1.807, 2.05) is 45.0 Å². The minimum atomic E-state index is -0.440. The van der Waals surface area contributed by atoms with Gasteiger partial charge < -0.3 is 14.4 Å². The van der Waals surface area contributed by atoms with Gasteiger partial charge in [-0.2, -0.15) is 0 Å². The zero-order valence-corrected chi connectivity index (χ0v) is 13.5. The third-order valence-electron chi connectivity index (χ3n) is 3.06. The van der Waals surface area contributed by atoms with Crippen LogP contribution in [0.1, 0.15) is 26.3 Å². The molecule has 22 heavy (non-hydrogen) atoms. The maximum Gasteiger partial charge on any atom is 0.325 e. The van der Waals surface area contributed by atoms with E-state index in [0.717, 1.165) is 11.3 Å². The molecule has 0 aromatic heterocycles. The van der Waals surface area contributed by atoms with E-state index in [2.05, 4.69) is 4.74 Å². The molecule has 0 saturated carbocycles. The number of hydrogen-bond acceptors (Lipinski definition) is 4. The maximum absolute atomic E-state index is 12.3. The number of benzene rings is 1. The van der Waals surface area contributed by atoms with Crippen molar-refractivity contribution in [3.63, 3.8) is 0 Å². The summed E-state index contributed by atoms with van der Waals surface area (Å²) in [7, 11) is 1.31. The lowest BCUT2D eigenvalue weighted by molar-refractivity contribution is -0.146. The second-order valence-corrected chi connectivity index (χ2v) is 4.94. The first-order valence-corrected chi connectivity index (χ1v) is 7.26. The van der Waals surface area contributed by atoms with Crippen molar-refractivity contribution >= 4 is 18.0 Å². The van der Waals surface area contributed by atoms with Crippen molar-refractivity contribution in [3.8, 4) is 5.75 Å². The molecule has 0 fully saturated rings. The fourth-order valence-electron chi connectivity index (χ4n) is 1.88. The van der Waals surface area contributed by atoms with E-state index < -0.39 is 5.97 Å². The Morgan fingerprint density at radius 1 is 1.27 bits per heavy atom. The average molecular weight is 305 g/mol. The van der Waals surface area contributed by atoms with E-state index in [9.17, 15) is 9.59 Å². The molecule has 0 unspecified atom stereocenters. The van der Waals surface area contributed by atoms with Gasteiger partial charge in [-0.25, -0.2) is 0 Å². The van der Waals surface area contributed by atoms with Crippen molar-refractivity contribution in [2.24, 2.45) is 0 Å². The predicted octanol–water partition coefficient (Wildman–Crippen LogP) is 2.51. The van der Waals surface area contributed by atoms with Gasteiger partial charge in [-0.15, -0.1) is 0 Å². The molecule has 1 aromatic carbocycles. The Balaban J connectivity index is 2.87. The molecule has 120 valence electrons. The van der Waals surface area contributed by atoms with E-state index in [1.165, 1.54) is 18.1 Å². The SMILES string of the molecule is CCOc1ccccc1/C=C/C(=O)N(CC(=O)OC)C(C)C. The number of hydrogen-bond donors (Lipinski definition) is 0. The number of esters is 1. The van der Waals surface area contributed by atoms with Gasteiger partial charge in [-0.05, 0) is 32.9 Å². The van der Waals surface area contributed by atoms with Crippen LogP contribution in [0.25, 0.3) is 6.08 Å². The average Bonchev–Trinajstić information content (AvgIpc) is 2.51. The molecule has 1 rings (SSSR count). The van der Waals surface area contributed by atoms with Crippen LogP contribution in [0, 0.1) is 0 Å². The molecule has 0 N–H and O–H groups in total. The van der Waals surface area contributed by atoms with Crippen LogP contribution in [0.15, 0.2) is 30.3 Å². The molecule has 0 atom stereocenters. The molecule has 1 amide bonds. The molecule has 0 heterocycles. The Bertz CT molecular complexity index is 537. The Morgan fingerprint density at radius 3 is 2.55 bits per heavy atom. The minimum Gasteiger partial charge on any atom is -0.493 e. The fraction of sp³-hybridized carbons (Fsp3) is 0.412. The van der Waals surface area contributed by atoms with E-state index in [-0.39, 0.29) is 18.5 Å². The minimum absolute atomic E-state index is 0.0650. The lowest BCUT2D eigenvalue weighted by Crippen LogP contribution is -2.40. The third-order valence-corrected chi connectivity index (χ3v) is 3.06. The first-order valence-electron chi connectivity index (χ1n) is 7.26. The number of methoxy groups -OCH3 is 1. The zero-order valence-electron chi connectivity index (χ0n) is 13.5. The standard InChI is InChI=1S/C17H23NO4/c1-5-22-15-9-7-6-8-14(15)10-11-16(19)18(13(2)3)12-17(20)21-4/h6-11,13H,5,12H2,1-4H3/b11-10+. The van der Waals surface area contributed by atoms with Gasteiger partial charge >= 0.3 is 5.97 Å². The van der Waals surface area contributed by atoms with Crippen LogP contribution in [-0.4, -0.2) is 43.1 Å². The van der Waals surface area contributed by atoms with Crippen LogP contribution in [0.4, 0.5) is 0 Å². The summed E-state index contributed by atoms with van der Waals surface area (Å²) in [6.45, 7) is 6.10. The van der Waals surface area contributed by atoms with Crippen molar-refractivity contribution in [2.75, 3.05) is 20.3 Å². The molecule has 5 heteroatoms. The van der Waals surface area contributed by atoms with Crippen LogP contribution >= 0.6 is 0 Å². The summed E-state index contributed by atoms with van der Waals surface area (Å²) >= 11 is 0. The molecule has 0 aliphatic heterocycles. The second-order valence-electron chi connectivity index (χ2n) is 4.94. The Morgan fingerprint density at radius 2 is 1.95 bits per heavy atom. The smallest absolute Gasteiger partial charge is 0.325 e. The van der Waals surface area contributed by atoms with Gasteiger partial charge in [0.25, 0.3) is 0 Å². The number of ether oxygens (including phenoxy) is 2. The number of para-hydroxylation sites is 1. The van der Waals surface area contributed by atoms with E-state index in [0.29, 0.717) is 6.61 Å². The molecule has 0 radical (unpaired) electrons. The monoisotopic (exact) mass is 305 g/mol. The topological polar surface area (TPSA) is 55.8 Å². The molecule has 1 aromatic rings. The molecule has 0 bridgehead atoms. The lowest BCUT2D eigenvalue weighted by atomic mass is 10.2. The fourth-order valence-corrected chi connectivity index (χ4v) is 1.88. The summed E-state index contributed by atoms with van der Waals surface area (Å²) in [6, 6.07) is 7.37. The van der Waals surface area contributed by atoms with E-state index >= 15 is 0 Å². The summed E-state index contributed by atoms with van der Waals surface area (Å²) in [5.74, 6) is 0.0370. The first-order chi connectivity index (χ1) is 10.5. The van der Waals surface area contributed by atoms with Gasteiger partial charge in [0, 0.05) is 17.7 Å². The summed E-state index contributed by atoms with van der Waals surface area (Å²) in [4.78, 5) is 25.1. The van der Waals surface area contributed by atoms with Crippen LogP contribution < -0.4 is 4.74 Å². The highest BCUT2D eigenvalue weighted by molar-refractivity contribution is 5.94. The van der Waals surface area contributed by atoms with Gasteiger partial charge in [0.1, 0.15) is 12.3 Å². The molecule has 0 aliphatic rings. The van der Waals surface area contributed by atoms with Crippen LogP contribution in [-0.2, 0) is 14.3 Å². The summed E-state index contributed by atoms with van der Waals surface area (Å²) in [5, 5.41) is 0. The van der Waals surface area contributed by atoms with Gasteiger partial charge in [0.2, 0.25) is 5.91 Å². The normalized spacial score (nSPS) is 10.8. The molecule has 0 aliphatic carbocycles. The van der Waals surface area contributed by atoms with Crippen LogP contribution in [0.5, 0.6) is 5.75 Å². The molecular formula is C17H23NO4. The lowest BCUT2D eigenvalue weighted by Gasteiger charge is -2.24. The number of rotatable bonds is 7. The summed E-state index contributed by atoms with van der Waals surface area (Å²) in [6.07, 6.45) is 3.14. The number of nitrogens with zero attached hydrogens (tertiary/aromatic N) is 1. The summed E-state index contributed by atoms with van der Waals surface area (Å²) in [5.41, 5.74) is 0.819. The van der Waals surface area contributed by atoms with Crippen molar-refractivity contribution in [3.05, 3.63) is 35.9 Å². The highest BCUT2D eigenvalue weighted by Crippen LogP contribution is 2.19. The number of carbonyl (C=O) groups is 2. The Labute approximate surface area is 131 Å². The van der Waals surface area contributed by atoms with Gasteiger partial charge in [-0.1, -0.05) is 18.2 Å². The molecule has 0 saturated heterocycles. The van der Waals surface area contributed by atoms with Crippen LogP contribution in [0.2, 0.25) is 0 Å². The Kier molecular flexibility index (Phi) is 7.16. The third kappa shape index (κ3) is 5.24. The predicted molar refractivity (Wildman–Crippen MR) is 85.5 cm³/mol. The number of amides is 1. The van der Waals surface area contributed by atoms with Gasteiger partial charge in [-0.3, -0.25) is 9.59 Å². The number of carbonyl (C=O) groups excluding carboxylic acids is 2. The highest BCUT2D eigenvalue weighted by atomic mass is 16.5. The van der Waals surface area contributed by atoms with Gasteiger partial charge in [0.15, 0.2) is 0 Å². The second kappa shape index (κ2) is 8.87. The maximum atomic E-state index is 12.3. The Hall–Kier alpha value is -2.30. The molecule has 0 spiro atoms. The van der Waals surface area contributed by atoms with E-state index in [1.54, 1.807) is 6.08 Å². The summed E-state index contributed by atoms with van der Waals surface area (Å²) < 4.78 is 10.1. The molecule has 5 nitrogen and oxygen atoms in total. The highest BCUT2D eigenvalue weighted by Gasteiger charge is 2.18. The molecular weight excluding hydrogens is 282 g/mol.